The van der Waals surface area contributed by atoms with E-state index >= 15 is 0 Å². The predicted octanol–water partition coefficient (Wildman–Crippen LogP) is 3.43. The Morgan fingerprint density at radius 3 is 2.59 bits per heavy atom. The van der Waals surface area contributed by atoms with Crippen molar-refractivity contribution in [1.82, 2.24) is 9.55 Å². The highest BCUT2D eigenvalue weighted by atomic mass is 15.3. The van der Waals surface area contributed by atoms with Crippen LogP contribution in [0.5, 0.6) is 0 Å². The van der Waals surface area contributed by atoms with Crippen LogP contribution in [0.4, 0.5) is 5.95 Å². The summed E-state index contributed by atoms with van der Waals surface area (Å²) in [4.78, 5) is 6.79. The zero-order valence-electron chi connectivity index (χ0n) is 12.6. The first-order chi connectivity index (χ1) is 10.8. The summed E-state index contributed by atoms with van der Waals surface area (Å²) in [5.41, 5.74) is 3.34. The summed E-state index contributed by atoms with van der Waals surface area (Å²) in [6.45, 7) is 1.45. The van der Waals surface area contributed by atoms with Gasteiger partial charge in [-0.15, -0.1) is 0 Å². The van der Waals surface area contributed by atoms with Crippen LogP contribution in [0.3, 0.4) is 0 Å². The van der Waals surface area contributed by atoms with Gasteiger partial charge in [0.1, 0.15) is 0 Å². The van der Waals surface area contributed by atoms with Gasteiger partial charge in [-0.25, -0.2) is 4.98 Å². The fourth-order valence-corrected chi connectivity index (χ4v) is 2.59. The zero-order valence-corrected chi connectivity index (χ0v) is 12.6. The maximum absolute atomic E-state index is 8.80. The van der Waals surface area contributed by atoms with E-state index < -0.39 is 0 Å². The van der Waals surface area contributed by atoms with Gasteiger partial charge in [-0.2, -0.15) is 5.26 Å². The van der Waals surface area contributed by atoms with E-state index in [0.717, 1.165) is 23.5 Å². The molecule has 0 unspecified atom stereocenters. The van der Waals surface area contributed by atoms with E-state index in [-0.39, 0.29) is 0 Å². The Hall–Kier alpha value is -2.80. The molecule has 22 heavy (non-hydrogen) atoms. The van der Waals surface area contributed by atoms with Gasteiger partial charge in [-0.05, 0) is 17.7 Å². The second-order valence-electron chi connectivity index (χ2n) is 5.30. The Kier molecular flexibility index (Phi) is 4.06. The topological polar surface area (TPSA) is 44.9 Å². The van der Waals surface area contributed by atoms with Gasteiger partial charge in [0.25, 0.3) is 0 Å². The molecule has 3 aromatic rings. The van der Waals surface area contributed by atoms with E-state index in [1.54, 1.807) is 0 Å². The zero-order chi connectivity index (χ0) is 15.4. The van der Waals surface area contributed by atoms with Crippen molar-refractivity contribution in [1.29, 1.82) is 5.26 Å². The van der Waals surface area contributed by atoms with Crippen LogP contribution in [0.2, 0.25) is 0 Å². The smallest absolute Gasteiger partial charge is 0.206 e. The van der Waals surface area contributed by atoms with Gasteiger partial charge in [0, 0.05) is 13.6 Å². The molecule has 0 N–H and O–H groups in total. The van der Waals surface area contributed by atoms with Crippen molar-refractivity contribution in [2.75, 3.05) is 18.5 Å². The second kappa shape index (κ2) is 6.31. The number of nitrogens with zero attached hydrogens (tertiary/aromatic N) is 4. The molecule has 0 amide bonds. The molecule has 0 aliphatic carbocycles. The minimum atomic E-state index is 0.491. The van der Waals surface area contributed by atoms with E-state index in [1.165, 1.54) is 5.56 Å². The minimum Gasteiger partial charge on any atom is -0.344 e. The third-order valence-electron chi connectivity index (χ3n) is 3.72. The van der Waals surface area contributed by atoms with Gasteiger partial charge >= 0.3 is 0 Å². The van der Waals surface area contributed by atoms with Gasteiger partial charge in [-0.1, -0.05) is 42.5 Å². The fourth-order valence-electron chi connectivity index (χ4n) is 2.59. The van der Waals surface area contributed by atoms with Gasteiger partial charge in [0.2, 0.25) is 5.95 Å². The summed E-state index contributed by atoms with van der Waals surface area (Å²) >= 11 is 0. The van der Waals surface area contributed by atoms with E-state index in [9.17, 15) is 0 Å². The van der Waals surface area contributed by atoms with Gasteiger partial charge in [-0.3, -0.25) is 0 Å². The van der Waals surface area contributed by atoms with E-state index in [0.29, 0.717) is 13.0 Å². The molecule has 0 atom stereocenters. The maximum atomic E-state index is 8.80. The Morgan fingerprint density at radius 2 is 1.82 bits per heavy atom. The summed E-state index contributed by atoms with van der Waals surface area (Å²) in [6.07, 6.45) is 0.491. The van der Waals surface area contributed by atoms with Crippen LogP contribution in [0.1, 0.15) is 12.0 Å². The Bertz CT molecular complexity index is 799. The molecule has 4 nitrogen and oxygen atoms in total. The molecule has 0 radical (unpaired) electrons. The molecule has 0 saturated carbocycles. The van der Waals surface area contributed by atoms with Gasteiger partial charge in [0.15, 0.2) is 0 Å². The largest absolute Gasteiger partial charge is 0.344 e. The predicted molar refractivity (Wildman–Crippen MR) is 88.8 cm³/mol. The third kappa shape index (κ3) is 2.79. The molecule has 3 rings (SSSR count). The normalized spacial score (nSPS) is 10.5. The average molecular weight is 290 g/mol. The molecule has 2 aromatic carbocycles. The molecule has 0 aliphatic heterocycles. The molecule has 110 valence electrons. The van der Waals surface area contributed by atoms with Crippen molar-refractivity contribution in [2.45, 2.75) is 13.0 Å². The molecule has 0 aliphatic rings. The summed E-state index contributed by atoms with van der Waals surface area (Å²) in [5, 5.41) is 8.80. The highest BCUT2D eigenvalue weighted by Crippen LogP contribution is 2.23. The van der Waals surface area contributed by atoms with Gasteiger partial charge in [0.05, 0.1) is 30.1 Å². The Balaban J connectivity index is 2.03. The SMILES string of the molecule is CN(CCC#N)c1nc2ccccc2n1Cc1ccccc1. The average Bonchev–Trinajstić information content (AvgIpc) is 2.92. The highest BCUT2D eigenvalue weighted by molar-refractivity contribution is 5.79. The molecule has 0 spiro atoms. The van der Waals surface area contributed by atoms with Crippen LogP contribution in [0.15, 0.2) is 54.6 Å². The van der Waals surface area contributed by atoms with Crippen LogP contribution >= 0.6 is 0 Å². The first kappa shape index (κ1) is 14.2. The van der Waals surface area contributed by atoms with Crippen LogP contribution in [-0.2, 0) is 6.54 Å². The van der Waals surface area contributed by atoms with Crippen LogP contribution in [0.25, 0.3) is 11.0 Å². The monoisotopic (exact) mass is 290 g/mol. The number of benzene rings is 2. The number of hydrogen-bond acceptors (Lipinski definition) is 3. The van der Waals surface area contributed by atoms with E-state index in [2.05, 4.69) is 28.8 Å². The molecule has 1 aromatic heterocycles. The van der Waals surface area contributed by atoms with E-state index in [4.69, 9.17) is 10.2 Å². The Labute approximate surface area is 130 Å². The van der Waals surface area contributed by atoms with Crippen LogP contribution in [-0.4, -0.2) is 23.1 Å². The van der Waals surface area contributed by atoms with Crippen molar-refractivity contribution in [3.63, 3.8) is 0 Å². The summed E-state index contributed by atoms with van der Waals surface area (Å²) in [7, 11) is 1.99. The van der Waals surface area contributed by atoms with E-state index in [1.807, 2.05) is 48.3 Å². The number of para-hydroxylation sites is 2. The summed E-state index contributed by atoms with van der Waals surface area (Å²) < 4.78 is 2.21. The Morgan fingerprint density at radius 1 is 1.09 bits per heavy atom. The third-order valence-corrected chi connectivity index (χ3v) is 3.72. The van der Waals surface area contributed by atoms with Crippen molar-refractivity contribution in [3.05, 3.63) is 60.2 Å². The highest BCUT2D eigenvalue weighted by Gasteiger charge is 2.14. The quantitative estimate of drug-likeness (QED) is 0.723. The molecule has 0 fully saturated rings. The summed E-state index contributed by atoms with van der Waals surface area (Å²) in [5.74, 6) is 0.903. The number of rotatable bonds is 5. The van der Waals surface area contributed by atoms with Crippen molar-refractivity contribution < 1.29 is 0 Å². The fraction of sp³-hybridized carbons (Fsp3) is 0.222. The lowest BCUT2D eigenvalue weighted by atomic mass is 10.2. The second-order valence-corrected chi connectivity index (χ2v) is 5.30. The maximum Gasteiger partial charge on any atom is 0.206 e. The lowest BCUT2D eigenvalue weighted by Gasteiger charge is -2.19. The first-order valence-corrected chi connectivity index (χ1v) is 7.37. The molecular formula is C18H18N4. The lowest BCUT2D eigenvalue weighted by molar-refractivity contribution is 0.766. The summed E-state index contributed by atoms with van der Waals surface area (Å²) in [6, 6.07) is 20.7. The van der Waals surface area contributed by atoms with Crippen molar-refractivity contribution in [3.8, 4) is 6.07 Å². The van der Waals surface area contributed by atoms with Crippen LogP contribution in [0, 0.1) is 11.3 Å². The van der Waals surface area contributed by atoms with Crippen molar-refractivity contribution >= 4 is 17.0 Å². The number of imidazole rings is 1. The standard InChI is InChI=1S/C18H18N4/c1-21(13-7-12-19)18-20-16-10-5-6-11-17(16)22(18)14-15-8-3-2-4-9-15/h2-6,8-11H,7,13-14H2,1H3. The molecule has 1 heterocycles. The number of nitriles is 1. The molecule has 0 saturated heterocycles. The lowest BCUT2D eigenvalue weighted by Crippen LogP contribution is -2.22. The molecular weight excluding hydrogens is 272 g/mol. The van der Waals surface area contributed by atoms with Crippen molar-refractivity contribution in [2.24, 2.45) is 0 Å². The van der Waals surface area contributed by atoms with Gasteiger partial charge < -0.3 is 9.47 Å². The minimum absolute atomic E-state index is 0.491. The molecule has 0 bridgehead atoms. The number of aromatic nitrogens is 2. The number of hydrogen-bond donors (Lipinski definition) is 0. The number of anilines is 1. The van der Waals surface area contributed by atoms with Crippen LogP contribution < -0.4 is 4.90 Å². The number of fused-ring (bicyclic) bond motifs is 1. The molecule has 4 heteroatoms. The first-order valence-electron chi connectivity index (χ1n) is 7.37.